The molecule has 0 N–H and O–H groups in total. The maximum atomic E-state index is 9.93. The van der Waals surface area contributed by atoms with Gasteiger partial charge in [-0.2, -0.15) is 0 Å². The molecule has 0 heterocycles. The van der Waals surface area contributed by atoms with Crippen molar-refractivity contribution in [2.24, 2.45) is 0 Å². The van der Waals surface area contributed by atoms with Crippen LogP contribution in [-0.2, 0) is 0 Å². The van der Waals surface area contributed by atoms with Gasteiger partial charge in [-0.15, -0.1) is 0 Å². The van der Waals surface area contributed by atoms with Crippen molar-refractivity contribution in [3.05, 3.63) is 52.1 Å². The summed E-state index contributed by atoms with van der Waals surface area (Å²) >= 11 is -8.92. The Morgan fingerprint density at radius 2 is 1.31 bits per heavy atom. The van der Waals surface area contributed by atoms with Gasteiger partial charge in [0.25, 0.3) is 0 Å². The fraction of sp³-hybridized carbons (Fsp3) is 0.400. The topological polar surface area (TPSA) is 9.23 Å². The van der Waals surface area contributed by atoms with Gasteiger partial charge in [0.2, 0.25) is 0 Å². The van der Waals surface area contributed by atoms with E-state index in [2.05, 4.69) is 72.0 Å². The Hall–Kier alpha value is -0.632. The number of hydrogen-bond donors (Lipinski definition) is 0. The molecule has 2 rings (SSSR count). The van der Waals surface area contributed by atoms with Gasteiger partial charge in [-0.05, 0) is 52.8 Å². The molecule has 2 aromatic carbocycles. The van der Waals surface area contributed by atoms with Gasteiger partial charge in [0, 0.05) is 9.13 Å². The molecule has 0 bridgehead atoms. The third kappa shape index (κ3) is 15.8. The molecule has 2 aromatic rings. The molecule has 0 radical (unpaired) electrons. The number of para-hydroxylation sites is 1. The molecule has 0 atom stereocenters. The van der Waals surface area contributed by atoms with Gasteiger partial charge in [-0.3, -0.25) is 0 Å². The van der Waals surface area contributed by atoms with E-state index >= 15 is 0 Å². The van der Waals surface area contributed by atoms with Gasteiger partial charge >= 0.3 is 37.8 Å². The van der Waals surface area contributed by atoms with Crippen LogP contribution in [0.1, 0.15) is 46.9 Å². The molecule has 0 saturated heterocycles. The molecule has 0 aliphatic rings. The fourth-order valence-electron chi connectivity index (χ4n) is 2.52. The van der Waals surface area contributed by atoms with E-state index in [1.165, 1.54) is 46.8 Å². The van der Waals surface area contributed by atoms with E-state index in [1.54, 1.807) is 0 Å². The van der Waals surface area contributed by atoms with Crippen LogP contribution in [0.5, 0.6) is 5.75 Å². The summed E-state index contributed by atoms with van der Waals surface area (Å²) in [5.41, 5.74) is 2.41. The molecule has 0 saturated carbocycles. The van der Waals surface area contributed by atoms with Crippen LogP contribution in [-0.4, -0.2) is 26.1 Å². The van der Waals surface area contributed by atoms with E-state index in [-0.39, 0.29) is 1.43 Å². The number of benzene rings is 2. The first-order valence-corrected chi connectivity index (χ1v) is 16.2. The van der Waals surface area contributed by atoms with Crippen molar-refractivity contribution >= 4 is 42.1 Å². The Labute approximate surface area is 185 Å². The minimum Gasteiger partial charge on any atom is 1.00 e. The molecule has 166 valence electrons. The summed E-state index contributed by atoms with van der Waals surface area (Å²) in [5, 5.41) is 0. The summed E-state index contributed by atoms with van der Waals surface area (Å²) in [6, 6.07) is 16.9. The maximum absolute atomic E-state index is 11.2. The zero-order valence-electron chi connectivity index (χ0n) is 17.1. The minimum atomic E-state index is -11.2. The van der Waals surface area contributed by atoms with E-state index < -0.39 is 19.5 Å². The number of unbranched alkanes of at least 4 members (excludes halogenated alkanes) is 5. The first-order chi connectivity index (χ1) is 13.3. The number of hydrogen-bond acceptors (Lipinski definition) is 1. The van der Waals surface area contributed by atoms with Crippen molar-refractivity contribution in [2.45, 2.75) is 45.4 Å². The normalized spacial score (nSPS) is 13.7. The van der Waals surface area contributed by atoms with Gasteiger partial charge in [0.1, 0.15) is 5.75 Å². The first-order valence-electron chi connectivity index (χ1n) is 9.30. The Balaban J connectivity index is 0.000000909. The molecule has 0 unspecified atom stereocenters. The third-order valence-corrected chi connectivity index (χ3v) is 4.52. The smallest absolute Gasteiger partial charge is 1.00 e. The Morgan fingerprint density at radius 3 is 1.90 bits per heavy atom. The van der Waals surface area contributed by atoms with Gasteiger partial charge in [-0.1, -0.05) is 69.4 Å². The monoisotopic (exact) mass is 644 g/mol. The van der Waals surface area contributed by atoms with Crippen LogP contribution in [0.15, 0.2) is 48.5 Å². The van der Waals surface area contributed by atoms with Gasteiger partial charge < -0.3 is 4.74 Å². The van der Waals surface area contributed by atoms with Crippen LogP contribution in [0.4, 0.5) is 16.9 Å². The zero-order valence-corrected chi connectivity index (χ0v) is 20.8. The van der Waals surface area contributed by atoms with Crippen molar-refractivity contribution < 1.29 is 23.0 Å². The predicted octanol–water partition coefficient (Wildman–Crippen LogP) is 8.95. The number of rotatable bonds is 9. The SMILES string of the molecule is CCCCCCCCOc1ccccc1-c1ccc(I)cc1.[F][Sb-]([F])([F])([F])([F])[F].[H+]. The molecule has 9 heteroatoms. The molecule has 0 fully saturated rings. The summed E-state index contributed by atoms with van der Waals surface area (Å²) in [5.74, 6) is 0.997. The molecule has 0 aliphatic heterocycles. The van der Waals surface area contributed by atoms with Crippen molar-refractivity contribution in [1.29, 1.82) is 0 Å². The van der Waals surface area contributed by atoms with Crippen LogP contribution in [0.2, 0.25) is 0 Å². The predicted molar refractivity (Wildman–Crippen MR) is 117 cm³/mol. The average Bonchev–Trinajstić information content (AvgIpc) is 2.59. The molecule has 29 heavy (non-hydrogen) atoms. The zero-order chi connectivity index (χ0) is 22.0. The van der Waals surface area contributed by atoms with Gasteiger partial charge in [0.05, 0.1) is 6.61 Å². The van der Waals surface area contributed by atoms with E-state index in [0.717, 1.165) is 18.8 Å². The quantitative estimate of drug-likeness (QED) is 0.115. The first kappa shape index (κ1) is 26.4. The molecule has 1 nitrogen and oxygen atoms in total. The van der Waals surface area contributed by atoms with Crippen LogP contribution in [0, 0.1) is 3.57 Å². The molecule has 0 spiro atoms. The van der Waals surface area contributed by atoms with Crippen molar-refractivity contribution in [1.82, 2.24) is 0 Å². The summed E-state index contributed by atoms with van der Waals surface area (Å²) in [6.07, 6.45) is 7.76. The van der Waals surface area contributed by atoms with E-state index in [9.17, 15) is 16.9 Å². The van der Waals surface area contributed by atoms with Crippen LogP contribution >= 0.6 is 22.6 Å². The van der Waals surface area contributed by atoms with Crippen LogP contribution < -0.4 is 4.74 Å². The summed E-state index contributed by atoms with van der Waals surface area (Å²) in [4.78, 5) is 0. The minimum absolute atomic E-state index is 0. The van der Waals surface area contributed by atoms with E-state index in [1.807, 2.05) is 6.07 Å². The van der Waals surface area contributed by atoms with Crippen LogP contribution in [0.25, 0.3) is 11.1 Å². The summed E-state index contributed by atoms with van der Waals surface area (Å²) in [7, 11) is 0. The Morgan fingerprint density at radius 1 is 0.793 bits per heavy atom. The molecule has 0 aromatic heterocycles. The maximum Gasteiger partial charge on any atom is 1.00 e. The Bertz CT molecular complexity index is 743. The molecule has 0 aliphatic carbocycles. The number of halogens is 7. The second-order valence-corrected chi connectivity index (χ2v) is 13.3. The molecule has 0 amide bonds. The fourth-order valence-corrected chi connectivity index (χ4v) is 2.88. The second kappa shape index (κ2) is 10.6. The second-order valence-electron chi connectivity index (χ2n) is 6.58. The third-order valence-electron chi connectivity index (χ3n) is 3.80. The van der Waals surface area contributed by atoms with Crippen LogP contribution in [0.3, 0.4) is 0 Å². The molecular weight excluding hydrogens is 619 g/mol. The summed E-state index contributed by atoms with van der Waals surface area (Å²) < 4.78 is 66.8. The van der Waals surface area contributed by atoms with Gasteiger partial charge in [0.15, 0.2) is 0 Å². The molecular formula is C20H26F6IOSb. The van der Waals surface area contributed by atoms with Crippen molar-refractivity contribution in [2.75, 3.05) is 6.61 Å². The van der Waals surface area contributed by atoms with E-state index in [4.69, 9.17) is 4.74 Å². The Kier molecular flexibility index (Phi) is 9.65. The largest absolute Gasteiger partial charge is 1.00 e. The van der Waals surface area contributed by atoms with Crippen molar-refractivity contribution in [3.63, 3.8) is 0 Å². The number of ether oxygens (including phenoxy) is 1. The summed E-state index contributed by atoms with van der Waals surface area (Å²) in [6.45, 7) is 3.07. The van der Waals surface area contributed by atoms with Crippen molar-refractivity contribution in [3.8, 4) is 16.9 Å². The average molecular weight is 645 g/mol. The standard InChI is InChI=1S/C20H25IO.6FH.Sb/c1-2-3-4-5-6-9-16-22-20-11-8-7-10-19(20)17-12-14-18(21)15-13-17;;;;;;;/h7-8,10-15H,2-6,9,16H2,1H3;6*1H;/q;;;;;;;+5/p-5. The van der Waals surface area contributed by atoms with Gasteiger partial charge in [-0.25, -0.2) is 0 Å². The van der Waals surface area contributed by atoms with E-state index in [0.29, 0.717) is 0 Å².